The van der Waals surface area contributed by atoms with Crippen molar-refractivity contribution in [3.63, 3.8) is 0 Å². The van der Waals surface area contributed by atoms with Crippen LogP contribution in [0.1, 0.15) is 133 Å². The highest BCUT2D eigenvalue weighted by molar-refractivity contribution is 5.87. The number of aromatic carboxylic acids is 1. The first kappa shape index (κ1) is 34.5. The smallest absolute Gasteiger partial charge is 0.335 e. The normalized spacial score (nSPS) is 40.6. The number of rotatable bonds is 7. The van der Waals surface area contributed by atoms with Gasteiger partial charge >= 0.3 is 5.97 Å². The molecule has 1 aromatic carbocycles. The molecular formula is C44H60N2O3. The fraction of sp³-hybridized carbons (Fsp3) is 0.659. The van der Waals surface area contributed by atoms with Crippen molar-refractivity contribution in [1.29, 1.82) is 0 Å². The molecule has 5 heteroatoms. The minimum Gasteiger partial charge on any atom is -0.478 e. The van der Waals surface area contributed by atoms with E-state index >= 15 is 0 Å². The van der Waals surface area contributed by atoms with Gasteiger partial charge in [0.05, 0.1) is 11.0 Å². The molecule has 1 aromatic heterocycles. The molecule has 7 rings (SSSR count). The summed E-state index contributed by atoms with van der Waals surface area (Å²) in [5.74, 6) is 2.47. The summed E-state index contributed by atoms with van der Waals surface area (Å²) < 4.78 is 0. The zero-order valence-corrected chi connectivity index (χ0v) is 31.0. The third kappa shape index (κ3) is 5.09. The summed E-state index contributed by atoms with van der Waals surface area (Å²) >= 11 is 0. The van der Waals surface area contributed by atoms with Gasteiger partial charge in [-0.15, -0.1) is 0 Å². The van der Waals surface area contributed by atoms with Gasteiger partial charge < -0.3 is 10.4 Å². The zero-order valence-electron chi connectivity index (χ0n) is 31.0. The van der Waals surface area contributed by atoms with Crippen molar-refractivity contribution in [2.45, 2.75) is 118 Å². The van der Waals surface area contributed by atoms with E-state index in [1.54, 1.807) is 12.1 Å². The van der Waals surface area contributed by atoms with Crippen LogP contribution >= 0.6 is 0 Å². The van der Waals surface area contributed by atoms with Gasteiger partial charge in [0.1, 0.15) is 0 Å². The molecule has 5 fully saturated rings. The Kier molecular flexibility index (Phi) is 8.51. The Morgan fingerprint density at radius 2 is 1.61 bits per heavy atom. The van der Waals surface area contributed by atoms with Crippen LogP contribution in [0.4, 0.5) is 0 Å². The van der Waals surface area contributed by atoms with E-state index in [2.05, 4.69) is 70.6 Å². The van der Waals surface area contributed by atoms with Crippen LogP contribution in [-0.4, -0.2) is 28.5 Å². The molecule has 49 heavy (non-hydrogen) atoms. The topological polar surface area (TPSA) is 79.3 Å². The van der Waals surface area contributed by atoms with Crippen molar-refractivity contribution in [2.24, 2.45) is 56.7 Å². The SMILES string of the molecule is C=C(C)[C@@H]1CC[C@]2(C(=O)NCCc3ccccn3)CC[C@]3(C)[C@H](CC[C@@H]4[C@@]5(C)CC[C@H](c6ccc(C(=O)O)cc6)C(C)(C)[C@@H]5CC[C@]43C)[C@@H]12. The average Bonchev–Trinajstić information content (AvgIpc) is 3.47. The second-order valence-electron chi connectivity index (χ2n) is 18.5. The molecule has 0 bridgehead atoms. The summed E-state index contributed by atoms with van der Waals surface area (Å²) in [6, 6.07) is 13.8. The highest BCUT2D eigenvalue weighted by Crippen LogP contribution is 2.78. The number of allylic oxidation sites excluding steroid dienone is 1. The molecule has 0 spiro atoms. The molecule has 0 aliphatic heterocycles. The monoisotopic (exact) mass is 664 g/mol. The minimum absolute atomic E-state index is 0.127. The summed E-state index contributed by atoms with van der Waals surface area (Å²) in [7, 11) is 0. The molecular weight excluding hydrogens is 604 g/mol. The van der Waals surface area contributed by atoms with E-state index < -0.39 is 5.97 Å². The van der Waals surface area contributed by atoms with Gasteiger partial charge in [0.25, 0.3) is 0 Å². The molecule has 5 nitrogen and oxygen atoms in total. The molecule has 2 N–H and O–H groups in total. The summed E-state index contributed by atoms with van der Waals surface area (Å²) in [6.07, 6.45) is 14.2. The van der Waals surface area contributed by atoms with E-state index in [9.17, 15) is 14.7 Å². The molecule has 5 saturated carbocycles. The van der Waals surface area contributed by atoms with Crippen LogP contribution in [0.25, 0.3) is 0 Å². The Labute approximate surface area is 295 Å². The molecule has 5 aliphatic rings. The van der Waals surface area contributed by atoms with Crippen molar-refractivity contribution in [1.82, 2.24) is 10.3 Å². The number of carboxylic acid groups (broad SMARTS) is 1. The van der Waals surface area contributed by atoms with Gasteiger partial charge in [-0.05, 0) is 158 Å². The van der Waals surface area contributed by atoms with E-state index in [4.69, 9.17) is 0 Å². The lowest BCUT2D eigenvalue weighted by atomic mass is 9.31. The first-order valence-corrected chi connectivity index (χ1v) is 19.4. The van der Waals surface area contributed by atoms with E-state index in [-0.39, 0.29) is 27.1 Å². The molecule has 5 aliphatic carbocycles. The van der Waals surface area contributed by atoms with Crippen molar-refractivity contribution < 1.29 is 14.7 Å². The Balaban J connectivity index is 1.15. The third-order valence-electron chi connectivity index (χ3n) is 16.5. The van der Waals surface area contributed by atoms with Gasteiger partial charge in [-0.2, -0.15) is 0 Å². The number of carboxylic acids is 1. The number of pyridine rings is 1. The number of hydrogen-bond donors (Lipinski definition) is 2. The van der Waals surface area contributed by atoms with Crippen LogP contribution in [0.5, 0.6) is 0 Å². The first-order chi connectivity index (χ1) is 23.2. The van der Waals surface area contributed by atoms with Crippen LogP contribution in [0.3, 0.4) is 0 Å². The maximum atomic E-state index is 14.4. The zero-order chi connectivity index (χ0) is 35.0. The number of nitrogens with zero attached hydrogens (tertiary/aromatic N) is 1. The highest BCUT2D eigenvalue weighted by Gasteiger charge is 2.71. The fourth-order valence-electron chi connectivity index (χ4n) is 14.0. The van der Waals surface area contributed by atoms with E-state index in [0.29, 0.717) is 53.5 Å². The van der Waals surface area contributed by atoms with Crippen LogP contribution in [-0.2, 0) is 11.2 Å². The quantitative estimate of drug-likeness (QED) is 0.289. The van der Waals surface area contributed by atoms with Crippen molar-refractivity contribution in [3.05, 3.63) is 77.6 Å². The van der Waals surface area contributed by atoms with Crippen molar-refractivity contribution >= 4 is 11.9 Å². The molecule has 1 amide bonds. The molecule has 0 saturated heterocycles. The van der Waals surface area contributed by atoms with Crippen molar-refractivity contribution in [2.75, 3.05) is 6.54 Å². The lowest BCUT2D eigenvalue weighted by Crippen LogP contribution is -2.67. The van der Waals surface area contributed by atoms with Gasteiger partial charge in [-0.1, -0.05) is 65.0 Å². The Hall–Kier alpha value is -2.95. The Bertz CT molecular complexity index is 1600. The van der Waals surface area contributed by atoms with Gasteiger partial charge in [-0.25, -0.2) is 4.79 Å². The molecule has 264 valence electrons. The number of carbonyl (C=O) groups excluding carboxylic acids is 1. The standard InChI is InChI=1S/C44H60N2O3/c1-28(2)32-17-23-44(39(49)46-27-20-31-10-8-9-26-45-31)25-24-42(6)34(37(32)44)15-16-36-41(5)21-18-33(29-11-13-30(14-12-29)38(47)48)40(3,4)35(41)19-22-43(36,42)7/h8-14,26,32-37H,1,15-25,27H2,2-7H3,(H,46,49)(H,47,48)/t32-,33+,34+,35-,36+,37+,41-,42+,43+,44-/m0/s1. The number of carbonyl (C=O) groups is 2. The molecule has 2 aromatic rings. The summed E-state index contributed by atoms with van der Waals surface area (Å²) in [4.78, 5) is 30.5. The third-order valence-corrected chi connectivity index (χ3v) is 16.5. The largest absolute Gasteiger partial charge is 0.478 e. The van der Waals surface area contributed by atoms with E-state index in [1.807, 2.05) is 24.4 Å². The van der Waals surface area contributed by atoms with Gasteiger partial charge in [0, 0.05) is 24.9 Å². The average molecular weight is 665 g/mol. The molecule has 10 atom stereocenters. The second kappa shape index (κ2) is 12.1. The van der Waals surface area contributed by atoms with Crippen LogP contribution < -0.4 is 5.32 Å². The van der Waals surface area contributed by atoms with E-state index in [0.717, 1.165) is 44.2 Å². The van der Waals surface area contributed by atoms with Crippen LogP contribution in [0.2, 0.25) is 0 Å². The summed E-state index contributed by atoms with van der Waals surface area (Å²) in [5, 5.41) is 12.9. The number of aromatic nitrogens is 1. The Morgan fingerprint density at radius 3 is 2.29 bits per heavy atom. The predicted octanol–water partition coefficient (Wildman–Crippen LogP) is 9.88. The first-order valence-electron chi connectivity index (χ1n) is 19.4. The fourth-order valence-corrected chi connectivity index (χ4v) is 14.0. The molecule has 0 unspecified atom stereocenters. The van der Waals surface area contributed by atoms with Crippen LogP contribution in [0.15, 0.2) is 60.8 Å². The number of nitrogens with one attached hydrogen (secondary N) is 1. The highest BCUT2D eigenvalue weighted by atomic mass is 16.4. The number of amides is 1. The summed E-state index contributed by atoms with van der Waals surface area (Å²) in [6.45, 7) is 20.4. The summed E-state index contributed by atoms with van der Waals surface area (Å²) in [5.41, 5.74) is 4.50. The number of fused-ring (bicyclic) bond motifs is 7. The second-order valence-corrected chi connectivity index (χ2v) is 18.5. The minimum atomic E-state index is -0.855. The lowest BCUT2D eigenvalue weighted by Gasteiger charge is -2.73. The van der Waals surface area contributed by atoms with Gasteiger partial charge in [0.15, 0.2) is 0 Å². The predicted molar refractivity (Wildman–Crippen MR) is 196 cm³/mol. The number of benzene rings is 1. The molecule has 1 heterocycles. The lowest BCUT2D eigenvalue weighted by molar-refractivity contribution is -0.237. The van der Waals surface area contributed by atoms with Gasteiger partial charge in [-0.3, -0.25) is 9.78 Å². The van der Waals surface area contributed by atoms with Crippen LogP contribution in [0, 0.1) is 56.7 Å². The van der Waals surface area contributed by atoms with Gasteiger partial charge in [0.2, 0.25) is 5.91 Å². The maximum absolute atomic E-state index is 14.4. The maximum Gasteiger partial charge on any atom is 0.335 e. The van der Waals surface area contributed by atoms with Crippen molar-refractivity contribution in [3.8, 4) is 0 Å². The number of hydrogen-bond acceptors (Lipinski definition) is 3. The van der Waals surface area contributed by atoms with E-state index in [1.165, 1.54) is 43.2 Å². The molecule has 0 radical (unpaired) electrons. The Morgan fingerprint density at radius 1 is 0.857 bits per heavy atom.